The normalized spacial score (nSPS) is 16.4. The second-order valence-electron chi connectivity index (χ2n) is 7.37. The van der Waals surface area contributed by atoms with E-state index in [0.717, 1.165) is 45.4 Å². The van der Waals surface area contributed by atoms with Crippen molar-refractivity contribution < 1.29 is 14.3 Å². The number of hydrogen-bond donors (Lipinski definition) is 1. The number of carboxylic acid groups (broad SMARTS) is 1. The maximum absolute atomic E-state index is 11.5. The molecule has 156 valence electrons. The van der Waals surface area contributed by atoms with Crippen LogP contribution in [0.2, 0.25) is 0 Å². The number of rotatable bonds is 5. The van der Waals surface area contributed by atoms with Crippen LogP contribution in [0, 0.1) is 5.92 Å². The zero-order chi connectivity index (χ0) is 21.2. The van der Waals surface area contributed by atoms with Crippen molar-refractivity contribution in [3.8, 4) is 33.0 Å². The number of aliphatic carboxylic acids is 1. The fraction of sp³-hybridized carbons (Fsp3) is 0.227. The van der Waals surface area contributed by atoms with E-state index in [9.17, 15) is 9.90 Å². The summed E-state index contributed by atoms with van der Waals surface area (Å²) in [4.78, 5) is 31.7. The van der Waals surface area contributed by atoms with E-state index in [4.69, 9.17) is 9.40 Å². The number of thiazole rings is 1. The number of aromatic nitrogens is 4. The van der Waals surface area contributed by atoms with Gasteiger partial charge in [0.25, 0.3) is 0 Å². The lowest BCUT2D eigenvalue weighted by Gasteiger charge is -2.30. The Morgan fingerprint density at radius 2 is 1.84 bits per heavy atom. The van der Waals surface area contributed by atoms with Crippen LogP contribution in [0.25, 0.3) is 33.0 Å². The van der Waals surface area contributed by atoms with Gasteiger partial charge in [0, 0.05) is 42.2 Å². The van der Waals surface area contributed by atoms with Crippen molar-refractivity contribution in [1.82, 2.24) is 19.9 Å². The molecule has 0 radical (unpaired) electrons. The molecule has 0 bridgehead atoms. The first-order valence-corrected chi connectivity index (χ1v) is 10.7. The third-order valence-corrected chi connectivity index (χ3v) is 6.52. The summed E-state index contributed by atoms with van der Waals surface area (Å²) in [5.74, 6) is -0.415. The zero-order valence-corrected chi connectivity index (χ0v) is 17.3. The van der Waals surface area contributed by atoms with Gasteiger partial charge in [-0.05, 0) is 12.8 Å². The summed E-state index contributed by atoms with van der Waals surface area (Å²) in [5, 5.41) is 10.3. The molecule has 31 heavy (non-hydrogen) atoms. The van der Waals surface area contributed by atoms with Crippen LogP contribution in [0.15, 0.2) is 60.0 Å². The summed E-state index contributed by atoms with van der Waals surface area (Å²) < 4.78 is 5.38. The van der Waals surface area contributed by atoms with Gasteiger partial charge in [-0.25, -0.2) is 19.9 Å². The smallest absolute Gasteiger partial charge is 0.308 e. The number of oxazole rings is 1. The van der Waals surface area contributed by atoms with Gasteiger partial charge in [0.15, 0.2) is 17.3 Å². The highest BCUT2D eigenvalue weighted by Crippen LogP contribution is 2.41. The van der Waals surface area contributed by atoms with Crippen LogP contribution in [0.1, 0.15) is 12.8 Å². The minimum Gasteiger partial charge on any atom is -0.481 e. The van der Waals surface area contributed by atoms with Crippen molar-refractivity contribution >= 4 is 22.4 Å². The largest absolute Gasteiger partial charge is 0.481 e. The average Bonchev–Trinajstić information content (AvgIpc) is 3.51. The molecule has 1 aliphatic heterocycles. The Hall–Kier alpha value is -3.59. The molecule has 1 atom stereocenters. The summed E-state index contributed by atoms with van der Waals surface area (Å²) in [5.41, 5.74) is 3.60. The van der Waals surface area contributed by atoms with Crippen LogP contribution >= 0.6 is 11.3 Å². The van der Waals surface area contributed by atoms with Crippen molar-refractivity contribution in [2.24, 2.45) is 5.92 Å². The minimum absolute atomic E-state index is 0.370. The van der Waals surface area contributed by atoms with Gasteiger partial charge in [-0.3, -0.25) is 4.79 Å². The van der Waals surface area contributed by atoms with Gasteiger partial charge in [-0.1, -0.05) is 35.6 Å². The van der Waals surface area contributed by atoms with Crippen molar-refractivity contribution in [3.63, 3.8) is 0 Å². The predicted octanol–water partition coefficient (Wildman–Crippen LogP) is 4.22. The summed E-state index contributed by atoms with van der Waals surface area (Å²) in [6, 6.07) is 7.95. The Bertz CT molecular complexity index is 1180. The van der Waals surface area contributed by atoms with Crippen molar-refractivity contribution in [2.75, 3.05) is 18.0 Å². The Kier molecular flexibility index (Phi) is 5.17. The summed E-state index contributed by atoms with van der Waals surface area (Å²) in [6.45, 7) is 1.27. The molecule has 3 aromatic heterocycles. The van der Waals surface area contributed by atoms with E-state index in [-0.39, 0.29) is 5.92 Å². The maximum atomic E-state index is 11.5. The van der Waals surface area contributed by atoms with Gasteiger partial charge in [0.2, 0.25) is 0 Å². The molecule has 1 fully saturated rings. The molecule has 1 saturated heterocycles. The molecule has 8 nitrogen and oxygen atoms in total. The molecule has 1 aliphatic rings. The molecule has 4 aromatic rings. The number of carbonyl (C=O) groups is 1. The van der Waals surface area contributed by atoms with Crippen LogP contribution in [-0.4, -0.2) is 44.1 Å². The van der Waals surface area contributed by atoms with Gasteiger partial charge in [-0.15, -0.1) is 0 Å². The summed E-state index contributed by atoms with van der Waals surface area (Å²) >= 11 is 1.54. The van der Waals surface area contributed by atoms with Crippen LogP contribution < -0.4 is 4.90 Å². The third-order valence-electron chi connectivity index (χ3n) is 5.35. The lowest BCUT2D eigenvalue weighted by molar-refractivity contribution is -0.141. The second kappa shape index (κ2) is 8.27. The molecule has 4 heterocycles. The number of piperidine rings is 1. The Morgan fingerprint density at radius 3 is 2.55 bits per heavy atom. The molecule has 0 saturated carbocycles. The van der Waals surface area contributed by atoms with E-state index in [2.05, 4.69) is 19.9 Å². The summed E-state index contributed by atoms with van der Waals surface area (Å²) in [6.07, 6.45) is 9.66. The van der Waals surface area contributed by atoms with Crippen LogP contribution in [0.3, 0.4) is 0 Å². The molecule has 0 amide bonds. The van der Waals surface area contributed by atoms with Gasteiger partial charge in [-0.2, -0.15) is 0 Å². The molecule has 1 aromatic carbocycles. The van der Waals surface area contributed by atoms with Gasteiger partial charge >= 0.3 is 5.97 Å². The van der Waals surface area contributed by atoms with E-state index in [1.165, 1.54) is 12.7 Å². The SMILES string of the molecule is O=C(O)C1CCCN(c2nc(-c3ccc(-c4cnco4)cc3)c(-c3cncnc3)s2)C1. The van der Waals surface area contributed by atoms with Crippen molar-refractivity contribution in [3.05, 3.63) is 55.6 Å². The first kappa shape index (κ1) is 19.4. The standard InChI is InChI=1S/C22H19N5O3S/c28-21(29)16-2-1-7-27(11-16)22-26-19(20(31-22)17-8-23-12-24-9-17)15-5-3-14(4-6-15)18-10-25-13-30-18/h3-6,8-10,12-13,16H,1-2,7,11H2,(H,28,29). The van der Waals surface area contributed by atoms with E-state index in [1.54, 1.807) is 29.9 Å². The van der Waals surface area contributed by atoms with Crippen molar-refractivity contribution in [1.29, 1.82) is 0 Å². The predicted molar refractivity (Wildman–Crippen MR) is 117 cm³/mol. The lowest BCUT2D eigenvalue weighted by Crippen LogP contribution is -2.38. The van der Waals surface area contributed by atoms with Crippen LogP contribution in [-0.2, 0) is 4.79 Å². The fourth-order valence-corrected chi connectivity index (χ4v) is 4.85. The number of hydrogen-bond acceptors (Lipinski definition) is 8. The highest BCUT2D eigenvalue weighted by molar-refractivity contribution is 7.19. The Balaban J connectivity index is 1.53. The van der Waals surface area contributed by atoms with Crippen molar-refractivity contribution in [2.45, 2.75) is 12.8 Å². The monoisotopic (exact) mass is 433 g/mol. The molecule has 1 unspecified atom stereocenters. The zero-order valence-electron chi connectivity index (χ0n) is 16.5. The first-order valence-electron chi connectivity index (χ1n) is 9.92. The quantitative estimate of drug-likeness (QED) is 0.499. The number of benzene rings is 1. The van der Waals surface area contributed by atoms with Gasteiger partial charge in [0.1, 0.15) is 6.33 Å². The highest BCUT2D eigenvalue weighted by atomic mass is 32.1. The van der Waals surface area contributed by atoms with Gasteiger partial charge in [0.05, 0.1) is 22.7 Å². The summed E-state index contributed by atoms with van der Waals surface area (Å²) in [7, 11) is 0. The lowest BCUT2D eigenvalue weighted by atomic mass is 9.99. The number of carboxylic acids is 1. The number of nitrogens with zero attached hydrogens (tertiary/aromatic N) is 5. The Morgan fingerprint density at radius 1 is 1.06 bits per heavy atom. The molecule has 0 aliphatic carbocycles. The van der Waals surface area contributed by atoms with E-state index in [1.807, 2.05) is 24.3 Å². The topological polar surface area (TPSA) is 105 Å². The second-order valence-corrected chi connectivity index (χ2v) is 8.35. The fourth-order valence-electron chi connectivity index (χ4n) is 3.75. The van der Waals surface area contributed by atoms with Crippen LogP contribution in [0.5, 0.6) is 0 Å². The molecule has 9 heteroatoms. The minimum atomic E-state index is -0.749. The van der Waals surface area contributed by atoms with E-state index in [0.29, 0.717) is 18.7 Å². The molecule has 1 N–H and O–H groups in total. The maximum Gasteiger partial charge on any atom is 0.308 e. The van der Waals surface area contributed by atoms with E-state index >= 15 is 0 Å². The third kappa shape index (κ3) is 3.91. The number of anilines is 1. The van der Waals surface area contributed by atoms with Gasteiger partial charge < -0.3 is 14.4 Å². The van der Waals surface area contributed by atoms with E-state index < -0.39 is 5.97 Å². The average molecular weight is 433 g/mol. The molecular formula is C22H19N5O3S. The molecular weight excluding hydrogens is 414 g/mol. The van der Waals surface area contributed by atoms with Crippen LogP contribution in [0.4, 0.5) is 5.13 Å². The first-order chi connectivity index (χ1) is 15.2. The highest BCUT2D eigenvalue weighted by Gasteiger charge is 2.28. The molecule has 5 rings (SSSR count). The molecule has 0 spiro atoms. The Labute approximate surface area is 182 Å².